The fourth-order valence-electron chi connectivity index (χ4n) is 6.77. The number of hydrogen-bond donors (Lipinski definition) is 2. The Labute approximate surface area is 196 Å². The summed E-state index contributed by atoms with van der Waals surface area (Å²) in [5.74, 6) is 1.40. The van der Waals surface area contributed by atoms with Gasteiger partial charge in [-0.2, -0.15) is 0 Å². The van der Waals surface area contributed by atoms with Gasteiger partial charge in [0.15, 0.2) is 0 Å². The number of rotatable bonds is 9. The monoisotopic (exact) mass is 432 g/mol. The molecule has 0 saturated heterocycles. The van der Waals surface area contributed by atoms with E-state index in [1.165, 1.54) is 43.2 Å². The first kappa shape index (κ1) is 23.5. The van der Waals surface area contributed by atoms with Crippen molar-refractivity contribution < 1.29 is 0 Å². The van der Waals surface area contributed by atoms with E-state index in [9.17, 15) is 0 Å². The fraction of sp³-hybridized carbons (Fsp3) is 0.600. The lowest BCUT2D eigenvalue weighted by molar-refractivity contribution is 0.0261. The zero-order chi connectivity index (χ0) is 22.6. The second-order valence-electron chi connectivity index (χ2n) is 11.2. The molecule has 0 radical (unpaired) electrons. The minimum absolute atomic E-state index is 0.339. The molecule has 2 aromatic rings. The molecule has 0 spiro atoms. The third kappa shape index (κ3) is 4.97. The van der Waals surface area contributed by atoms with Gasteiger partial charge in [0, 0.05) is 19.6 Å². The van der Waals surface area contributed by atoms with Crippen LogP contribution in [0.3, 0.4) is 0 Å². The average Bonchev–Trinajstić information content (AvgIpc) is 2.78. The van der Waals surface area contributed by atoms with Crippen LogP contribution in [0.2, 0.25) is 0 Å². The van der Waals surface area contributed by atoms with Crippen LogP contribution in [0.25, 0.3) is 0 Å². The topological polar surface area (TPSA) is 24.1 Å². The lowest BCUT2D eigenvalue weighted by atomic mass is 9.49. The van der Waals surface area contributed by atoms with Gasteiger partial charge in [-0.05, 0) is 83.6 Å². The molecular weight excluding hydrogens is 388 g/mol. The molecule has 0 unspecified atom stereocenters. The lowest BCUT2D eigenvalue weighted by Gasteiger charge is -2.55. The van der Waals surface area contributed by atoms with Gasteiger partial charge in [0.05, 0.1) is 0 Å². The van der Waals surface area contributed by atoms with Crippen molar-refractivity contribution in [3.8, 4) is 0 Å². The SMILES string of the molecule is CC(C)c1ccc2c(c1)CC[C@H]1[C@](C)(CNCCNCCc3ccccc3)CCC[C@]21C. The van der Waals surface area contributed by atoms with Crippen LogP contribution >= 0.6 is 0 Å². The largest absolute Gasteiger partial charge is 0.315 e. The molecule has 2 aliphatic carbocycles. The van der Waals surface area contributed by atoms with Gasteiger partial charge in [-0.3, -0.25) is 0 Å². The maximum Gasteiger partial charge on any atom is 0.00769 e. The Bertz CT molecular complexity index is 874. The van der Waals surface area contributed by atoms with Crippen molar-refractivity contribution in [1.29, 1.82) is 0 Å². The second-order valence-corrected chi connectivity index (χ2v) is 11.2. The summed E-state index contributed by atoms with van der Waals surface area (Å²) in [7, 11) is 0. The van der Waals surface area contributed by atoms with Gasteiger partial charge < -0.3 is 10.6 Å². The smallest absolute Gasteiger partial charge is 0.00769 e. The van der Waals surface area contributed by atoms with Gasteiger partial charge in [-0.15, -0.1) is 0 Å². The third-order valence-corrected chi connectivity index (χ3v) is 8.61. The summed E-state index contributed by atoms with van der Waals surface area (Å²) >= 11 is 0. The van der Waals surface area contributed by atoms with Gasteiger partial charge in [0.25, 0.3) is 0 Å². The molecule has 3 atom stereocenters. The number of benzene rings is 2. The summed E-state index contributed by atoms with van der Waals surface area (Å²) in [6.45, 7) is 14.1. The van der Waals surface area contributed by atoms with Crippen molar-refractivity contribution in [3.05, 3.63) is 70.8 Å². The minimum atomic E-state index is 0.339. The van der Waals surface area contributed by atoms with Crippen molar-refractivity contribution in [2.75, 3.05) is 26.2 Å². The first-order valence-corrected chi connectivity index (χ1v) is 13.0. The van der Waals surface area contributed by atoms with Crippen LogP contribution in [0.5, 0.6) is 0 Å². The molecule has 4 rings (SSSR count). The standard InChI is InChI=1S/C30H44N2/c1-23(2)25-11-13-27-26(21-25)12-14-28-29(3,16-8-17-30(27,28)4)22-32-20-19-31-18-15-24-9-6-5-7-10-24/h5-7,9-11,13,21,23,28,31-32H,8,12,14-20,22H2,1-4H3/t28-,29-,30+/m0/s1. The zero-order valence-electron chi connectivity index (χ0n) is 20.8. The van der Waals surface area contributed by atoms with Crippen LogP contribution in [-0.2, 0) is 18.3 Å². The molecule has 174 valence electrons. The quantitative estimate of drug-likeness (QED) is 0.458. The number of hydrogen-bond acceptors (Lipinski definition) is 2. The summed E-state index contributed by atoms with van der Waals surface area (Å²) in [4.78, 5) is 0. The molecule has 0 heterocycles. The molecule has 2 N–H and O–H groups in total. The van der Waals surface area contributed by atoms with E-state index in [2.05, 4.69) is 86.9 Å². The van der Waals surface area contributed by atoms with E-state index in [1.807, 2.05) is 0 Å². The highest BCUT2D eigenvalue weighted by molar-refractivity contribution is 5.42. The highest BCUT2D eigenvalue weighted by atomic mass is 14.9. The van der Waals surface area contributed by atoms with E-state index in [1.54, 1.807) is 11.1 Å². The van der Waals surface area contributed by atoms with Gasteiger partial charge in [0.2, 0.25) is 0 Å². The van der Waals surface area contributed by atoms with E-state index in [4.69, 9.17) is 0 Å². The van der Waals surface area contributed by atoms with Gasteiger partial charge in [-0.1, -0.05) is 82.6 Å². The predicted octanol–water partition coefficient (Wildman–Crippen LogP) is 6.24. The minimum Gasteiger partial charge on any atom is -0.315 e. The maximum absolute atomic E-state index is 3.83. The molecule has 0 bridgehead atoms. The summed E-state index contributed by atoms with van der Waals surface area (Å²) in [5, 5.41) is 7.44. The number of fused-ring (bicyclic) bond motifs is 3. The zero-order valence-corrected chi connectivity index (χ0v) is 20.8. The number of aryl methyl sites for hydroxylation is 1. The summed E-state index contributed by atoms with van der Waals surface area (Å²) in [6, 6.07) is 18.2. The average molecular weight is 433 g/mol. The van der Waals surface area contributed by atoms with E-state index < -0.39 is 0 Å². The van der Waals surface area contributed by atoms with E-state index in [0.717, 1.165) is 38.5 Å². The fourth-order valence-corrected chi connectivity index (χ4v) is 6.77. The Kier molecular flexibility index (Phi) is 7.42. The molecule has 1 saturated carbocycles. The molecule has 2 aliphatic rings. The molecule has 2 nitrogen and oxygen atoms in total. The van der Waals surface area contributed by atoms with Crippen molar-refractivity contribution in [2.24, 2.45) is 11.3 Å². The first-order valence-electron chi connectivity index (χ1n) is 13.0. The molecule has 0 amide bonds. The molecule has 0 aliphatic heterocycles. The van der Waals surface area contributed by atoms with Crippen molar-refractivity contribution in [3.63, 3.8) is 0 Å². The van der Waals surface area contributed by atoms with E-state index in [0.29, 0.717) is 16.7 Å². The van der Waals surface area contributed by atoms with Crippen LogP contribution in [0.1, 0.15) is 81.5 Å². The normalized spacial score (nSPS) is 27.2. The van der Waals surface area contributed by atoms with Crippen LogP contribution in [0.15, 0.2) is 48.5 Å². The Hall–Kier alpha value is -1.64. The Morgan fingerprint density at radius 1 is 0.938 bits per heavy atom. The molecule has 2 aromatic carbocycles. The van der Waals surface area contributed by atoms with Crippen LogP contribution in [-0.4, -0.2) is 26.2 Å². The first-order chi connectivity index (χ1) is 15.4. The van der Waals surface area contributed by atoms with Crippen LogP contribution < -0.4 is 10.6 Å². The Morgan fingerprint density at radius 3 is 2.50 bits per heavy atom. The molecular formula is C30H44N2. The Morgan fingerprint density at radius 2 is 1.72 bits per heavy atom. The lowest BCUT2D eigenvalue weighted by Crippen LogP contribution is -2.53. The summed E-state index contributed by atoms with van der Waals surface area (Å²) < 4.78 is 0. The Balaban J connectivity index is 1.31. The van der Waals surface area contributed by atoms with Crippen molar-refractivity contribution >= 4 is 0 Å². The third-order valence-electron chi connectivity index (χ3n) is 8.61. The van der Waals surface area contributed by atoms with E-state index >= 15 is 0 Å². The molecule has 0 aromatic heterocycles. The summed E-state index contributed by atoms with van der Waals surface area (Å²) in [5.41, 5.74) is 6.95. The van der Waals surface area contributed by atoms with Crippen LogP contribution in [0.4, 0.5) is 0 Å². The van der Waals surface area contributed by atoms with Gasteiger partial charge in [0.1, 0.15) is 0 Å². The van der Waals surface area contributed by atoms with Crippen molar-refractivity contribution in [1.82, 2.24) is 10.6 Å². The maximum atomic E-state index is 3.83. The summed E-state index contributed by atoms with van der Waals surface area (Å²) in [6.07, 6.45) is 7.78. The van der Waals surface area contributed by atoms with Crippen LogP contribution in [0, 0.1) is 11.3 Å². The second kappa shape index (κ2) is 10.1. The molecule has 32 heavy (non-hydrogen) atoms. The highest BCUT2D eigenvalue weighted by Crippen LogP contribution is 2.57. The van der Waals surface area contributed by atoms with E-state index in [-0.39, 0.29) is 0 Å². The predicted molar refractivity (Wildman–Crippen MR) is 138 cm³/mol. The number of nitrogens with one attached hydrogen (secondary N) is 2. The van der Waals surface area contributed by atoms with Crippen molar-refractivity contribution in [2.45, 2.75) is 77.6 Å². The highest BCUT2D eigenvalue weighted by Gasteiger charge is 2.51. The molecule has 2 heteroatoms. The van der Waals surface area contributed by atoms with Gasteiger partial charge in [-0.25, -0.2) is 0 Å². The molecule has 1 fully saturated rings. The van der Waals surface area contributed by atoms with Gasteiger partial charge >= 0.3 is 0 Å².